The van der Waals surface area contributed by atoms with Gasteiger partial charge in [0, 0.05) is 0 Å². The average molecular weight is 1870 g/mol. The summed E-state index contributed by atoms with van der Waals surface area (Å²) in [4.78, 5) is 0. The maximum Gasteiger partial charge on any atom is 1.00 e. The summed E-state index contributed by atoms with van der Waals surface area (Å²) in [5, 5.41) is 28.3. The molecule has 54 heteroatoms. The zero-order valence-corrected chi connectivity index (χ0v) is 45.1. The van der Waals surface area contributed by atoms with Crippen LogP contribution in [-0.4, -0.2) is 30.6 Å². The minimum atomic E-state index is -4.89. The van der Waals surface area contributed by atoms with Gasteiger partial charge in [-0.15, -0.1) is 0 Å². The Balaban J connectivity index is -0.000000214. The smallest absolute Gasteiger partial charge is 0.571 e. The molecule has 12 nitrogen and oxygen atoms in total. The van der Waals surface area contributed by atoms with E-state index in [2.05, 4.69) is 61.2 Å². The summed E-state index contributed by atoms with van der Waals surface area (Å²) in [5.74, 6) is 0. The third kappa shape index (κ3) is 31.9. The molecule has 504 valence electrons. The van der Waals surface area contributed by atoms with E-state index in [0.717, 1.165) is 0 Å². The number of nitrogens with zero attached hydrogens (tertiary/aromatic N) is 12. The Bertz CT molecular complexity index is 2110. The molecule has 6 aromatic rings. The minimum absolute atomic E-state index is 0. The SMILES string of the molecule is FC(F)(F)c1cc(C(F)(F)F)[n-]n1.FC(F)(F)c1cc(C(F)(F)F)[n-]n1.FC(F)(F)c1cc(C(F)(F)F)[n-]n1.FC(F)(F)c1cc(C(F)(F)F)[n-]n1.FC(F)(F)c1cc(C(F)(F)F)[n-]n1.FC(F)(F)c1cc(C(F)(F)F)[n-]n1.[Ag+].[Ag+].[Ag+].[Ag+].[Ag+].[Ag+]. The van der Waals surface area contributed by atoms with E-state index in [1.54, 1.807) is 0 Å². The number of aromatic nitrogens is 12. The molecule has 0 saturated heterocycles. The van der Waals surface area contributed by atoms with Crippen molar-refractivity contribution in [3.8, 4) is 0 Å². The van der Waals surface area contributed by atoms with Crippen molar-refractivity contribution >= 4 is 0 Å². The predicted molar refractivity (Wildman–Crippen MR) is 165 cm³/mol. The Hall–Kier alpha value is -2.82. The van der Waals surface area contributed by atoms with Crippen LogP contribution in [0.3, 0.4) is 0 Å². The third-order valence-corrected chi connectivity index (χ3v) is 6.72. The van der Waals surface area contributed by atoms with Gasteiger partial charge in [-0.3, -0.25) is 0 Å². The van der Waals surface area contributed by atoms with Crippen molar-refractivity contribution in [1.82, 2.24) is 61.2 Å². The van der Waals surface area contributed by atoms with E-state index >= 15 is 0 Å². The number of rotatable bonds is 0. The van der Waals surface area contributed by atoms with Crippen LogP contribution in [0.5, 0.6) is 0 Å². The van der Waals surface area contributed by atoms with E-state index in [1.165, 1.54) is 0 Å². The predicted octanol–water partition coefficient (Wildman–Crippen LogP) is 12.4. The first-order chi connectivity index (χ1) is 34.3. The summed E-state index contributed by atoms with van der Waals surface area (Å²) >= 11 is 0. The van der Waals surface area contributed by atoms with Crippen LogP contribution >= 0.6 is 0 Å². The molecular formula is C30H6Ag6F36N12. The first-order valence-electron chi connectivity index (χ1n) is 17.2. The van der Waals surface area contributed by atoms with E-state index < -0.39 is 142 Å². The van der Waals surface area contributed by atoms with E-state index in [9.17, 15) is 158 Å². The fourth-order valence-corrected chi connectivity index (χ4v) is 3.43. The van der Waals surface area contributed by atoms with Crippen molar-refractivity contribution in [2.24, 2.45) is 0 Å². The summed E-state index contributed by atoms with van der Waals surface area (Å²) in [6, 6.07) is -0.833. The summed E-state index contributed by atoms with van der Waals surface area (Å²) in [5.41, 5.74) is -19.7. The molecule has 0 aromatic carbocycles. The number of halogens is 36. The van der Waals surface area contributed by atoms with Crippen molar-refractivity contribution in [2.75, 3.05) is 0 Å². The second-order valence-electron chi connectivity index (χ2n) is 12.7. The molecule has 0 spiro atoms. The third-order valence-electron chi connectivity index (χ3n) is 6.72. The molecule has 0 saturated carbocycles. The van der Waals surface area contributed by atoms with E-state index in [1.807, 2.05) is 0 Å². The van der Waals surface area contributed by atoms with Crippen LogP contribution in [0.1, 0.15) is 68.3 Å². The maximum atomic E-state index is 11.7. The van der Waals surface area contributed by atoms with Gasteiger partial charge in [0.2, 0.25) is 0 Å². The number of alkyl halides is 36. The van der Waals surface area contributed by atoms with Gasteiger partial charge in [-0.1, -0.05) is 0 Å². The van der Waals surface area contributed by atoms with Crippen LogP contribution in [0.2, 0.25) is 0 Å². The molecule has 6 aromatic heterocycles. The first-order valence-corrected chi connectivity index (χ1v) is 17.2. The molecule has 0 bridgehead atoms. The second kappa shape index (κ2) is 33.1. The number of hydrogen-bond acceptors (Lipinski definition) is 6. The molecule has 0 aliphatic heterocycles. The molecule has 84 heavy (non-hydrogen) atoms. The zero-order chi connectivity index (χ0) is 61.7. The fourth-order valence-electron chi connectivity index (χ4n) is 3.43. The summed E-state index contributed by atoms with van der Waals surface area (Å²) in [6.45, 7) is 0. The molecule has 0 aliphatic carbocycles. The maximum absolute atomic E-state index is 11.7. The Morgan fingerprint density at radius 3 is 0.286 bits per heavy atom. The van der Waals surface area contributed by atoms with Crippen LogP contribution in [-0.2, 0) is 208 Å². The second-order valence-corrected chi connectivity index (χ2v) is 12.7. The number of hydrogen-bond donors (Lipinski definition) is 0. The largest absolute Gasteiger partial charge is 1.00 e. The van der Waals surface area contributed by atoms with Crippen molar-refractivity contribution in [1.29, 1.82) is 0 Å². The topological polar surface area (TPSA) is 162 Å². The van der Waals surface area contributed by atoms with E-state index in [4.69, 9.17) is 0 Å². The van der Waals surface area contributed by atoms with Crippen LogP contribution in [0, 0.1) is 0 Å². The average Bonchev–Trinajstić information content (AvgIpc) is 4.06. The molecule has 0 N–H and O–H groups in total. The van der Waals surface area contributed by atoms with Crippen LogP contribution in [0.15, 0.2) is 36.4 Å². The van der Waals surface area contributed by atoms with Crippen LogP contribution < -0.4 is 30.6 Å². The summed E-state index contributed by atoms with van der Waals surface area (Å²) < 4.78 is 422. The fraction of sp³-hybridized carbons (Fsp3) is 0.400. The van der Waals surface area contributed by atoms with Gasteiger partial charge >= 0.3 is 208 Å². The quantitative estimate of drug-likeness (QED) is 0.105. The van der Waals surface area contributed by atoms with Crippen molar-refractivity contribution in [2.45, 2.75) is 74.1 Å². The summed E-state index contributed by atoms with van der Waals surface area (Å²) in [6.07, 6.45) is -58.7. The normalized spacial score (nSPS) is 12.4. The Labute approximate surface area is 528 Å². The van der Waals surface area contributed by atoms with Gasteiger partial charge in [0.1, 0.15) is 34.2 Å². The zero-order valence-electron chi connectivity index (χ0n) is 36.2. The molecule has 0 atom stereocenters. The van der Waals surface area contributed by atoms with Crippen molar-refractivity contribution in [3.63, 3.8) is 0 Å². The summed E-state index contributed by atoms with van der Waals surface area (Å²) in [7, 11) is 0. The van der Waals surface area contributed by atoms with E-state index in [-0.39, 0.29) is 171 Å². The molecule has 6 rings (SSSR count). The van der Waals surface area contributed by atoms with Gasteiger partial charge in [-0.05, 0) is 70.6 Å². The molecule has 0 unspecified atom stereocenters. The van der Waals surface area contributed by atoms with E-state index in [0.29, 0.717) is 0 Å². The van der Waals surface area contributed by atoms with Gasteiger partial charge in [0.05, 0.1) is 0 Å². The molecular weight excluding hydrogens is 1860 g/mol. The Kier molecular flexibility index (Phi) is 36.4. The minimum Gasteiger partial charge on any atom is -0.571 e. The molecule has 0 radical (unpaired) electrons. The molecule has 0 aliphatic rings. The van der Waals surface area contributed by atoms with Crippen LogP contribution in [0.4, 0.5) is 158 Å². The monoisotopic (exact) mass is 1860 g/mol. The van der Waals surface area contributed by atoms with Gasteiger partial charge in [0.25, 0.3) is 0 Å². The molecule has 0 amide bonds. The molecule has 6 heterocycles. The first kappa shape index (κ1) is 92.3. The standard InChI is InChI=1S/6C5HF6N2.6Ag/c6*6-4(7,8)2-1-3(13-12-2)5(9,10)11;;;;;;/h6*1H;;;;;;/q6*-1;6*+1. The van der Waals surface area contributed by atoms with Crippen molar-refractivity contribution in [3.05, 3.63) is 105 Å². The Morgan fingerprint density at radius 2 is 0.250 bits per heavy atom. The van der Waals surface area contributed by atoms with Gasteiger partial charge < -0.3 is 61.2 Å². The Morgan fingerprint density at radius 1 is 0.167 bits per heavy atom. The van der Waals surface area contributed by atoms with Gasteiger partial charge in [-0.2, -0.15) is 158 Å². The van der Waals surface area contributed by atoms with Gasteiger partial charge in [0.15, 0.2) is 0 Å². The van der Waals surface area contributed by atoms with Gasteiger partial charge in [-0.25, -0.2) is 0 Å². The van der Waals surface area contributed by atoms with Crippen molar-refractivity contribution < 1.29 is 292 Å². The van der Waals surface area contributed by atoms with Crippen LogP contribution in [0.25, 0.3) is 0 Å². The molecule has 0 fully saturated rings.